The van der Waals surface area contributed by atoms with Crippen LogP contribution in [0.15, 0.2) is 60.8 Å². The number of nitro benzene ring substituents is 1. The third-order valence-corrected chi connectivity index (χ3v) is 2.46. The Labute approximate surface area is 110 Å². The summed E-state index contributed by atoms with van der Waals surface area (Å²) in [6, 6.07) is 12.1. The van der Waals surface area contributed by atoms with Crippen molar-refractivity contribution in [3.05, 3.63) is 82.2 Å². The number of hydrogen-bond acceptors (Lipinski definition) is 3. The number of nitro groups is 1. The van der Waals surface area contributed by atoms with E-state index in [-0.39, 0.29) is 5.69 Å². The number of benzene rings is 1. The van der Waals surface area contributed by atoms with E-state index >= 15 is 0 Å². The normalized spacial score (nSPS) is 11.2. The average Bonchev–Trinajstić information content (AvgIpc) is 2.45. The summed E-state index contributed by atoms with van der Waals surface area (Å²) in [6.07, 6.45) is 9.25. The summed E-state index contributed by atoms with van der Waals surface area (Å²) in [6.45, 7) is 0. The Kier molecular flexibility index (Phi) is 4.18. The van der Waals surface area contributed by atoms with E-state index in [2.05, 4.69) is 4.98 Å². The molecule has 94 valence electrons. The van der Waals surface area contributed by atoms with Crippen molar-refractivity contribution in [2.24, 2.45) is 0 Å². The van der Waals surface area contributed by atoms with E-state index in [0.29, 0.717) is 0 Å². The fourth-order valence-electron chi connectivity index (χ4n) is 1.50. The van der Waals surface area contributed by atoms with E-state index in [1.807, 2.05) is 42.5 Å². The van der Waals surface area contributed by atoms with Crippen molar-refractivity contribution in [3.8, 4) is 0 Å². The summed E-state index contributed by atoms with van der Waals surface area (Å²) in [5.41, 5.74) is 1.90. The van der Waals surface area contributed by atoms with Crippen LogP contribution in [0.2, 0.25) is 0 Å². The van der Waals surface area contributed by atoms with Crippen molar-refractivity contribution in [2.75, 3.05) is 0 Å². The third kappa shape index (κ3) is 3.89. The Bertz CT molecular complexity index is 602. The lowest BCUT2D eigenvalue weighted by molar-refractivity contribution is -0.384. The second kappa shape index (κ2) is 6.26. The van der Waals surface area contributed by atoms with Crippen LogP contribution in [0.1, 0.15) is 11.3 Å². The lowest BCUT2D eigenvalue weighted by Gasteiger charge is -1.92. The van der Waals surface area contributed by atoms with Crippen LogP contribution in [0.25, 0.3) is 12.2 Å². The van der Waals surface area contributed by atoms with Crippen LogP contribution in [-0.4, -0.2) is 9.91 Å². The van der Waals surface area contributed by atoms with Gasteiger partial charge in [0.2, 0.25) is 0 Å². The van der Waals surface area contributed by atoms with Gasteiger partial charge in [0, 0.05) is 18.3 Å². The first-order chi connectivity index (χ1) is 9.25. The van der Waals surface area contributed by atoms with Crippen LogP contribution in [0.5, 0.6) is 0 Å². The minimum atomic E-state index is -0.408. The Morgan fingerprint density at radius 1 is 1.00 bits per heavy atom. The molecule has 0 amide bonds. The Morgan fingerprint density at radius 2 is 1.74 bits per heavy atom. The van der Waals surface area contributed by atoms with Gasteiger partial charge in [0.1, 0.15) is 0 Å². The van der Waals surface area contributed by atoms with E-state index in [4.69, 9.17) is 0 Å². The molecule has 1 heterocycles. The van der Waals surface area contributed by atoms with Gasteiger partial charge >= 0.3 is 0 Å². The molecule has 0 N–H and O–H groups in total. The van der Waals surface area contributed by atoms with Gasteiger partial charge < -0.3 is 0 Å². The number of rotatable bonds is 4. The van der Waals surface area contributed by atoms with E-state index in [9.17, 15) is 10.1 Å². The molecule has 2 rings (SSSR count). The number of nitrogens with zero attached hydrogens (tertiary/aromatic N) is 2. The lowest BCUT2D eigenvalue weighted by Crippen LogP contribution is -1.86. The summed E-state index contributed by atoms with van der Waals surface area (Å²) >= 11 is 0. The molecule has 4 nitrogen and oxygen atoms in total. The van der Waals surface area contributed by atoms with Crippen LogP contribution in [0.4, 0.5) is 5.69 Å². The molecule has 0 aliphatic heterocycles. The second-order valence-corrected chi connectivity index (χ2v) is 3.82. The highest BCUT2D eigenvalue weighted by atomic mass is 16.6. The predicted octanol–water partition coefficient (Wildman–Crippen LogP) is 3.72. The van der Waals surface area contributed by atoms with E-state index in [1.165, 1.54) is 12.1 Å². The molecule has 0 saturated heterocycles. The average molecular weight is 252 g/mol. The SMILES string of the molecule is O=[N+]([O-])c1ccc(C=CC=Cc2ccccn2)cc1. The molecule has 0 radical (unpaired) electrons. The lowest BCUT2D eigenvalue weighted by atomic mass is 10.2. The fraction of sp³-hybridized carbons (Fsp3) is 0. The van der Waals surface area contributed by atoms with Gasteiger partial charge in [0.05, 0.1) is 10.6 Å². The Hall–Kier alpha value is -2.75. The number of non-ortho nitro benzene ring substituents is 1. The molecular formula is C15H12N2O2. The fourth-order valence-corrected chi connectivity index (χ4v) is 1.50. The highest BCUT2D eigenvalue weighted by molar-refractivity contribution is 5.56. The number of pyridine rings is 1. The molecule has 4 heteroatoms. The maximum atomic E-state index is 10.5. The first kappa shape index (κ1) is 12.7. The van der Waals surface area contributed by atoms with Gasteiger partial charge in [-0.15, -0.1) is 0 Å². The zero-order valence-electron chi connectivity index (χ0n) is 10.1. The molecule has 0 spiro atoms. The maximum absolute atomic E-state index is 10.5. The van der Waals surface area contributed by atoms with E-state index in [1.54, 1.807) is 18.3 Å². The summed E-state index contributed by atoms with van der Waals surface area (Å²) in [7, 11) is 0. The van der Waals surface area contributed by atoms with Crippen LogP contribution in [0, 0.1) is 10.1 Å². The third-order valence-electron chi connectivity index (χ3n) is 2.46. The van der Waals surface area contributed by atoms with Crippen molar-refractivity contribution >= 4 is 17.8 Å². The predicted molar refractivity (Wildman–Crippen MR) is 75.4 cm³/mol. The van der Waals surface area contributed by atoms with Crippen molar-refractivity contribution in [1.82, 2.24) is 4.98 Å². The van der Waals surface area contributed by atoms with Crippen LogP contribution >= 0.6 is 0 Å². The molecule has 0 atom stereocenters. The molecular weight excluding hydrogens is 240 g/mol. The van der Waals surface area contributed by atoms with Crippen molar-refractivity contribution in [2.45, 2.75) is 0 Å². The first-order valence-corrected chi connectivity index (χ1v) is 5.76. The Morgan fingerprint density at radius 3 is 2.37 bits per heavy atom. The molecule has 0 aliphatic rings. The van der Waals surface area contributed by atoms with Gasteiger partial charge in [-0.05, 0) is 35.9 Å². The van der Waals surface area contributed by atoms with Gasteiger partial charge in [-0.3, -0.25) is 15.1 Å². The van der Waals surface area contributed by atoms with Crippen molar-refractivity contribution < 1.29 is 4.92 Å². The van der Waals surface area contributed by atoms with Gasteiger partial charge in [0.25, 0.3) is 5.69 Å². The first-order valence-electron chi connectivity index (χ1n) is 5.76. The summed E-state index contributed by atoms with van der Waals surface area (Å²) in [5.74, 6) is 0. The van der Waals surface area contributed by atoms with E-state index < -0.39 is 4.92 Å². The molecule has 0 aliphatic carbocycles. The minimum Gasteiger partial charge on any atom is -0.258 e. The van der Waals surface area contributed by atoms with Gasteiger partial charge in [0.15, 0.2) is 0 Å². The summed E-state index contributed by atoms with van der Waals surface area (Å²) < 4.78 is 0. The van der Waals surface area contributed by atoms with Gasteiger partial charge in [-0.2, -0.15) is 0 Å². The topological polar surface area (TPSA) is 56.0 Å². The molecule has 0 fully saturated rings. The van der Waals surface area contributed by atoms with Crippen molar-refractivity contribution in [1.29, 1.82) is 0 Å². The van der Waals surface area contributed by atoms with Crippen LogP contribution in [0.3, 0.4) is 0 Å². The standard InChI is InChI=1S/C15H12N2O2/c18-17(19)15-10-8-13(9-11-15)5-1-2-6-14-7-3-4-12-16-14/h1-12H. The summed E-state index contributed by atoms with van der Waals surface area (Å²) in [4.78, 5) is 14.2. The molecule has 0 saturated carbocycles. The largest absolute Gasteiger partial charge is 0.269 e. The number of aromatic nitrogens is 1. The monoisotopic (exact) mass is 252 g/mol. The van der Waals surface area contributed by atoms with E-state index in [0.717, 1.165) is 11.3 Å². The highest BCUT2D eigenvalue weighted by Crippen LogP contribution is 2.12. The highest BCUT2D eigenvalue weighted by Gasteiger charge is 2.01. The molecule has 2 aromatic rings. The molecule has 19 heavy (non-hydrogen) atoms. The summed E-state index contributed by atoms with van der Waals surface area (Å²) in [5, 5.41) is 10.5. The van der Waals surface area contributed by atoms with Gasteiger partial charge in [-0.25, -0.2) is 0 Å². The second-order valence-electron chi connectivity index (χ2n) is 3.82. The maximum Gasteiger partial charge on any atom is 0.269 e. The smallest absolute Gasteiger partial charge is 0.258 e. The minimum absolute atomic E-state index is 0.0983. The molecule has 1 aromatic carbocycles. The van der Waals surface area contributed by atoms with Crippen molar-refractivity contribution in [3.63, 3.8) is 0 Å². The zero-order valence-corrected chi connectivity index (χ0v) is 10.1. The van der Waals surface area contributed by atoms with Gasteiger partial charge in [-0.1, -0.05) is 24.3 Å². The quantitative estimate of drug-likeness (QED) is 0.473. The molecule has 1 aromatic heterocycles. The van der Waals surface area contributed by atoms with Crippen LogP contribution in [-0.2, 0) is 0 Å². The number of allylic oxidation sites excluding steroid dienone is 2. The number of hydrogen-bond donors (Lipinski definition) is 0. The Balaban J connectivity index is 1.99. The van der Waals surface area contributed by atoms with Crippen LogP contribution < -0.4 is 0 Å². The molecule has 0 unspecified atom stereocenters. The zero-order chi connectivity index (χ0) is 13.5. The molecule has 0 bridgehead atoms.